The van der Waals surface area contributed by atoms with Gasteiger partial charge in [0.1, 0.15) is 5.75 Å². The first-order valence-electron chi connectivity index (χ1n) is 6.62. The lowest BCUT2D eigenvalue weighted by molar-refractivity contribution is 0.0948. The summed E-state index contributed by atoms with van der Waals surface area (Å²) in [6.45, 7) is 4.77. The number of pyridine rings is 1. The number of nitrogens with zero attached hydrogens (tertiary/aromatic N) is 1. The van der Waals surface area contributed by atoms with Crippen molar-refractivity contribution in [2.75, 3.05) is 6.54 Å². The minimum absolute atomic E-state index is 0.0924. The van der Waals surface area contributed by atoms with E-state index in [1.807, 2.05) is 12.1 Å². The Morgan fingerprint density at radius 3 is 2.80 bits per heavy atom. The molecular weight excluding hydrogens is 252 g/mol. The van der Waals surface area contributed by atoms with E-state index in [1.165, 1.54) is 0 Å². The summed E-state index contributed by atoms with van der Waals surface area (Å²) in [5.74, 6) is 1.44. The van der Waals surface area contributed by atoms with Gasteiger partial charge in [-0.15, -0.1) is 0 Å². The van der Waals surface area contributed by atoms with Gasteiger partial charge in [-0.3, -0.25) is 4.79 Å². The van der Waals surface area contributed by atoms with Gasteiger partial charge in [-0.25, -0.2) is 4.98 Å². The molecule has 1 aromatic carbocycles. The summed E-state index contributed by atoms with van der Waals surface area (Å²) in [5.41, 5.74) is 0.582. The molecule has 2 rings (SSSR count). The molecule has 4 nitrogen and oxygen atoms in total. The zero-order valence-corrected chi connectivity index (χ0v) is 11.7. The normalized spacial score (nSPS) is 10.3. The fourth-order valence-electron chi connectivity index (χ4n) is 1.63. The fraction of sp³-hybridized carbons (Fsp3) is 0.250. The van der Waals surface area contributed by atoms with Crippen molar-refractivity contribution >= 4 is 5.91 Å². The minimum Gasteiger partial charge on any atom is -0.439 e. The highest BCUT2D eigenvalue weighted by Crippen LogP contribution is 2.19. The average Bonchev–Trinajstić information content (AvgIpc) is 2.46. The van der Waals surface area contributed by atoms with Crippen molar-refractivity contribution in [2.45, 2.75) is 13.8 Å². The van der Waals surface area contributed by atoms with Gasteiger partial charge in [-0.2, -0.15) is 0 Å². The third-order valence-electron chi connectivity index (χ3n) is 2.63. The second kappa shape index (κ2) is 6.70. The van der Waals surface area contributed by atoms with Crippen LogP contribution in [-0.2, 0) is 0 Å². The maximum atomic E-state index is 12.0. The minimum atomic E-state index is -0.0924. The smallest absolute Gasteiger partial charge is 0.251 e. The SMILES string of the molecule is CC(C)CNC(=O)c1cccc(Oc2ccccn2)c1. The third kappa shape index (κ3) is 4.09. The van der Waals surface area contributed by atoms with Crippen molar-refractivity contribution < 1.29 is 9.53 Å². The Bertz CT molecular complexity index is 568. The van der Waals surface area contributed by atoms with Crippen molar-refractivity contribution in [3.63, 3.8) is 0 Å². The molecule has 1 heterocycles. The summed E-state index contributed by atoms with van der Waals surface area (Å²) in [7, 11) is 0. The van der Waals surface area contributed by atoms with Crippen molar-refractivity contribution in [2.24, 2.45) is 5.92 Å². The van der Waals surface area contributed by atoms with Crippen molar-refractivity contribution in [1.82, 2.24) is 10.3 Å². The second-order valence-electron chi connectivity index (χ2n) is 4.90. The standard InChI is InChI=1S/C16H18N2O2/c1-12(2)11-18-16(19)13-6-5-7-14(10-13)20-15-8-3-4-9-17-15/h3-10,12H,11H2,1-2H3,(H,18,19). The van der Waals surface area contributed by atoms with E-state index in [9.17, 15) is 4.79 Å². The third-order valence-corrected chi connectivity index (χ3v) is 2.63. The first kappa shape index (κ1) is 14.1. The lowest BCUT2D eigenvalue weighted by atomic mass is 10.2. The van der Waals surface area contributed by atoms with Crippen LogP contribution in [0.25, 0.3) is 0 Å². The quantitative estimate of drug-likeness (QED) is 0.907. The molecule has 0 radical (unpaired) electrons. The van der Waals surface area contributed by atoms with Gasteiger partial charge in [0, 0.05) is 24.4 Å². The van der Waals surface area contributed by atoms with E-state index in [1.54, 1.807) is 36.5 Å². The molecule has 2 aromatic rings. The highest BCUT2D eigenvalue weighted by Gasteiger charge is 2.07. The molecule has 0 spiro atoms. The Balaban J connectivity index is 2.06. The number of hydrogen-bond acceptors (Lipinski definition) is 3. The van der Waals surface area contributed by atoms with Crippen molar-refractivity contribution in [1.29, 1.82) is 0 Å². The van der Waals surface area contributed by atoms with Gasteiger partial charge >= 0.3 is 0 Å². The Labute approximate surface area is 118 Å². The predicted octanol–water partition coefficient (Wildman–Crippen LogP) is 3.26. The van der Waals surface area contributed by atoms with Crippen LogP contribution >= 0.6 is 0 Å². The van der Waals surface area contributed by atoms with Crippen LogP contribution in [0.2, 0.25) is 0 Å². The number of carbonyl (C=O) groups excluding carboxylic acids is 1. The highest BCUT2D eigenvalue weighted by atomic mass is 16.5. The summed E-state index contributed by atoms with van der Waals surface area (Å²) in [6, 6.07) is 12.5. The molecule has 1 aromatic heterocycles. The molecule has 0 saturated carbocycles. The summed E-state index contributed by atoms with van der Waals surface area (Å²) < 4.78 is 5.60. The first-order chi connectivity index (χ1) is 9.65. The molecule has 0 atom stereocenters. The molecule has 1 N–H and O–H groups in total. The van der Waals surface area contributed by atoms with E-state index in [4.69, 9.17) is 4.74 Å². The molecule has 0 aliphatic carbocycles. The molecule has 0 unspecified atom stereocenters. The van der Waals surface area contributed by atoms with Gasteiger partial charge in [0.15, 0.2) is 0 Å². The van der Waals surface area contributed by atoms with Gasteiger partial charge < -0.3 is 10.1 Å². The molecule has 20 heavy (non-hydrogen) atoms. The molecular formula is C16H18N2O2. The Kier molecular flexibility index (Phi) is 4.71. The summed E-state index contributed by atoms with van der Waals surface area (Å²) >= 11 is 0. The van der Waals surface area contributed by atoms with Crippen LogP contribution in [0.15, 0.2) is 48.7 Å². The van der Waals surface area contributed by atoms with Gasteiger partial charge in [-0.05, 0) is 30.2 Å². The fourth-order valence-corrected chi connectivity index (χ4v) is 1.63. The molecule has 0 bridgehead atoms. The summed E-state index contributed by atoms with van der Waals surface area (Å²) in [4.78, 5) is 16.1. The Hall–Kier alpha value is -2.36. The molecule has 0 aliphatic rings. The second-order valence-corrected chi connectivity index (χ2v) is 4.90. The van der Waals surface area contributed by atoms with Crippen LogP contribution in [0.1, 0.15) is 24.2 Å². The van der Waals surface area contributed by atoms with Crippen molar-refractivity contribution in [3.05, 3.63) is 54.2 Å². The van der Waals surface area contributed by atoms with Crippen LogP contribution < -0.4 is 10.1 Å². The highest BCUT2D eigenvalue weighted by molar-refractivity contribution is 5.94. The zero-order valence-electron chi connectivity index (χ0n) is 11.7. The van der Waals surface area contributed by atoms with Gasteiger partial charge in [0.05, 0.1) is 0 Å². The number of hydrogen-bond donors (Lipinski definition) is 1. The zero-order chi connectivity index (χ0) is 14.4. The largest absolute Gasteiger partial charge is 0.439 e. The van der Waals surface area contributed by atoms with Crippen molar-refractivity contribution in [3.8, 4) is 11.6 Å². The predicted molar refractivity (Wildman–Crippen MR) is 77.9 cm³/mol. The molecule has 4 heteroatoms. The average molecular weight is 270 g/mol. The number of aromatic nitrogens is 1. The van der Waals surface area contributed by atoms with Crippen LogP contribution in [0.3, 0.4) is 0 Å². The van der Waals surface area contributed by atoms with Crippen LogP contribution in [-0.4, -0.2) is 17.4 Å². The molecule has 0 aliphatic heterocycles. The van der Waals surface area contributed by atoms with E-state index in [-0.39, 0.29) is 5.91 Å². The topological polar surface area (TPSA) is 51.2 Å². The summed E-state index contributed by atoms with van der Waals surface area (Å²) in [6.07, 6.45) is 1.66. The maximum Gasteiger partial charge on any atom is 0.251 e. The van der Waals surface area contributed by atoms with E-state index >= 15 is 0 Å². The van der Waals surface area contributed by atoms with Crippen LogP contribution in [0, 0.1) is 5.92 Å². The Morgan fingerprint density at radius 2 is 2.10 bits per heavy atom. The number of amides is 1. The molecule has 0 fully saturated rings. The monoisotopic (exact) mass is 270 g/mol. The summed E-state index contributed by atoms with van der Waals surface area (Å²) in [5, 5.41) is 2.88. The van der Waals surface area contributed by atoms with Gasteiger partial charge in [0.2, 0.25) is 5.88 Å². The van der Waals surface area contributed by atoms with E-state index in [0.29, 0.717) is 29.7 Å². The van der Waals surface area contributed by atoms with E-state index in [0.717, 1.165) is 0 Å². The van der Waals surface area contributed by atoms with E-state index in [2.05, 4.69) is 24.1 Å². The van der Waals surface area contributed by atoms with Gasteiger partial charge in [0.25, 0.3) is 5.91 Å². The van der Waals surface area contributed by atoms with E-state index < -0.39 is 0 Å². The lowest BCUT2D eigenvalue weighted by Crippen LogP contribution is -2.27. The van der Waals surface area contributed by atoms with Crippen LogP contribution in [0.5, 0.6) is 11.6 Å². The number of nitrogens with one attached hydrogen (secondary N) is 1. The number of ether oxygens (including phenoxy) is 1. The molecule has 1 amide bonds. The molecule has 0 saturated heterocycles. The van der Waals surface area contributed by atoms with Gasteiger partial charge in [-0.1, -0.05) is 26.0 Å². The number of carbonyl (C=O) groups is 1. The number of benzene rings is 1. The number of rotatable bonds is 5. The first-order valence-corrected chi connectivity index (χ1v) is 6.62. The molecule has 104 valence electrons. The Morgan fingerprint density at radius 1 is 1.25 bits per heavy atom. The van der Waals surface area contributed by atoms with Crippen LogP contribution in [0.4, 0.5) is 0 Å². The lowest BCUT2D eigenvalue weighted by Gasteiger charge is -2.09. The maximum absolute atomic E-state index is 12.0.